The number of carbonyl (C=O) groups is 3. The number of esters is 3. The highest BCUT2D eigenvalue weighted by Crippen LogP contribution is 2.32. The predicted octanol–water partition coefficient (Wildman–Crippen LogP) is 4.37. The number of non-ortho nitro benzene ring substituents is 1. The molecule has 45 heavy (non-hydrogen) atoms. The van der Waals surface area contributed by atoms with Crippen molar-refractivity contribution in [2.24, 2.45) is 0 Å². The van der Waals surface area contributed by atoms with E-state index in [1.165, 1.54) is 60.7 Å². The Morgan fingerprint density at radius 2 is 1.07 bits per heavy atom. The molecule has 0 radical (unpaired) electrons. The van der Waals surface area contributed by atoms with Crippen LogP contribution in [0.25, 0.3) is 0 Å². The van der Waals surface area contributed by atoms with E-state index >= 15 is 0 Å². The van der Waals surface area contributed by atoms with Crippen LogP contribution in [0.5, 0.6) is 5.75 Å². The fraction of sp³-hybridized carbons (Fsp3) is 0.182. The van der Waals surface area contributed by atoms with Crippen molar-refractivity contribution in [3.63, 3.8) is 0 Å². The number of nitro benzene ring substituents is 1. The zero-order valence-electron chi connectivity index (χ0n) is 23.5. The van der Waals surface area contributed by atoms with Gasteiger partial charge in [-0.25, -0.2) is 14.4 Å². The number of hydrogen-bond acceptors (Lipinski definition) is 11. The third-order valence-electron chi connectivity index (χ3n) is 6.83. The molecular formula is C33H27NO11. The number of nitrogens with zero attached hydrogens (tertiary/aromatic N) is 1. The number of aliphatic hydroxyl groups excluding tert-OH is 1. The van der Waals surface area contributed by atoms with Gasteiger partial charge in [-0.15, -0.1) is 0 Å². The van der Waals surface area contributed by atoms with E-state index < -0.39 is 60.1 Å². The Morgan fingerprint density at radius 1 is 0.644 bits per heavy atom. The third kappa shape index (κ3) is 7.50. The molecule has 1 fully saturated rings. The van der Waals surface area contributed by atoms with Crippen LogP contribution >= 0.6 is 0 Å². The molecule has 230 valence electrons. The summed E-state index contributed by atoms with van der Waals surface area (Å²) >= 11 is 0. The molecule has 0 aliphatic carbocycles. The summed E-state index contributed by atoms with van der Waals surface area (Å²) in [6, 6.07) is 28.9. The fourth-order valence-corrected chi connectivity index (χ4v) is 4.60. The normalized spacial score (nSPS) is 20.8. The number of rotatable bonds is 10. The molecule has 5 rings (SSSR count). The Labute approximate surface area is 256 Å². The van der Waals surface area contributed by atoms with Crippen molar-refractivity contribution < 1.29 is 48.1 Å². The molecule has 1 heterocycles. The largest absolute Gasteiger partial charge is 0.461 e. The third-order valence-corrected chi connectivity index (χ3v) is 6.83. The van der Waals surface area contributed by atoms with Gasteiger partial charge in [-0.3, -0.25) is 10.1 Å². The summed E-state index contributed by atoms with van der Waals surface area (Å²) in [4.78, 5) is 50.4. The Hall–Kier alpha value is -5.59. The van der Waals surface area contributed by atoms with Crippen molar-refractivity contribution in [1.82, 2.24) is 0 Å². The van der Waals surface area contributed by atoms with Gasteiger partial charge in [-0.1, -0.05) is 54.6 Å². The van der Waals surface area contributed by atoms with Crippen molar-refractivity contribution in [3.05, 3.63) is 142 Å². The molecule has 0 amide bonds. The molecule has 1 aliphatic rings. The first kappa shape index (κ1) is 30.9. The molecule has 12 heteroatoms. The maximum absolute atomic E-state index is 13.4. The molecule has 1 aliphatic heterocycles. The van der Waals surface area contributed by atoms with Gasteiger partial charge in [0, 0.05) is 12.1 Å². The highest BCUT2D eigenvalue weighted by molar-refractivity contribution is 5.91. The van der Waals surface area contributed by atoms with Crippen LogP contribution in [0.15, 0.2) is 115 Å². The van der Waals surface area contributed by atoms with E-state index in [-0.39, 0.29) is 28.1 Å². The van der Waals surface area contributed by atoms with Crippen LogP contribution in [-0.2, 0) is 18.9 Å². The van der Waals surface area contributed by atoms with Crippen molar-refractivity contribution in [2.75, 3.05) is 6.61 Å². The van der Waals surface area contributed by atoms with Crippen LogP contribution in [0.1, 0.15) is 31.1 Å². The predicted molar refractivity (Wildman–Crippen MR) is 156 cm³/mol. The number of nitro groups is 1. The number of benzene rings is 4. The van der Waals surface area contributed by atoms with E-state index in [9.17, 15) is 29.6 Å². The van der Waals surface area contributed by atoms with Crippen molar-refractivity contribution in [2.45, 2.75) is 30.7 Å². The van der Waals surface area contributed by atoms with E-state index in [0.29, 0.717) is 0 Å². The summed E-state index contributed by atoms with van der Waals surface area (Å²) in [5, 5.41) is 21.5. The van der Waals surface area contributed by atoms with Gasteiger partial charge in [-0.05, 0) is 48.5 Å². The number of aliphatic hydroxyl groups is 1. The minimum absolute atomic E-state index is 0.0796. The van der Waals surface area contributed by atoms with Gasteiger partial charge >= 0.3 is 17.9 Å². The summed E-state index contributed by atoms with van der Waals surface area (Å²) < 4.78 is 29.4. The minimum Gasteiger partial charge on any atom is -0.461 e. The quantitative estimate of drug-likeness (QED) is 0.117. The minimum atomic E-state index is -1.56. The number of carbonyl (C=O) groups excluding carboxylic acids is 3. The van der Waals surface area contributed by atoms with Gasteiger partial charge in [0.25, 0.3) is 5.69 Å². The Morgan fingerprint density at radius 3 is 1.49 bits per heavy atom. The van der Waals surface area contributed by atoms with E-state index in [4.69, 9.17) is 23.7 Å². The van der Waals surface area contributed by atoms with Crippen LogP contribution < -0.4 is 4.74 Å². The molecule has 5 atom stereocenters. The zero-order chi connectivity index (χ0) is 31.8. The first-order valence-corrected chi connectivity index (χ1v) is 13.8. The average molecular weight is 614 g/mol. The van der Waals surface area contributed by atoms with E-state index in [0.717, 1.165) is 0 Å². The maximum atomic E-state index is 13.4. The summed E-state index contributed by atoms with van der Waals surface area (Å²) in [7, 11) is 0. The maximum Gasteiger partial charge on any atom is 0.338 e. The van der Waals surface area contributed by atoms with Crippen LogP contribution in [0.2, 0.25) is 0 Å². The van der Waals surface area contributed by atoms with Gasteiger partial charge in [0.15, 0.2) is 12.2 Å². The van der Waals surface area contributed by atoms with Gasteiger partial charge in [0.1, 0.15) is 11.9 Å². The number of hydrogen-bond donors (Lipinski definition) is 1. The molecule has 0 saturated carbocycles. The second-order valence-corrected chi connectivity index (χ2v) is 9.80. The lowest BCUT2D eigenvalue weighted by atomic mass is 9.97. The zero-order valence-corrected chi connectivity index (χ0v) is 23.5. The van der Waals surface area contributed by atoms with Crippen LogP contribution in [0.3, 0.4) is 0 Å². The highest BCUT2D eigenvalue weighted by Gasteiger charge is 2.53. The molecule has 0 bridgehead atoms. The lowest BCUT2D eigenvalue weighted by molar-refractivity contribution is -0.384. The average Bonchev–Trinajstić information content (AvgIpc) is 3.08. The lowest BCUT2D eigenvalue weighted by Crippen LogP contribution is -2.63. The smallest absolute Gasteiger partial charge is 0.338 e. The number of ether oxygens (including phenoxy) is 5. The molecule has 12 nitrogen and oxygen atoms in total. The molecule has 1 N–H and O–H groups in total. The van der Waals surface area contributed by atoms with Gasteiger partial charge < -0.3 is 28.8 Å². The second-order valence-electron chi connectivity index (χ2n) is 9.80. The Balaban J connectivity index is 1.54. The van der Waals surface area contributed by atoms with Gasteiger partial charge in [0.2, 0.25) is 12.4 Å². The van der Waals surface area contributed by atoms with Crippen LogP contribution in [-0.4, -0.2) is 65.3 Å². The Kier molecular flexibility index (Phi) is 9.77. The first-order valence-electron chi connectivity index (χ1n) is 13.8. The molecule has 4 aromatic rings. The van der Waals surface area contributed by atoms with Gasteiger partial charge in [-0.2, -0.15) is 0 Å². The van der Waals surface area contributed by atoms with Crippen LogP contribution in [0.4, 0.5) is 5.69 Å². The molecule has 0 aromatic heterocycles. The summed E-state index contributed by atoms with van der Waals surface area (Å²) in [6.07, 6.45) is -7.43. The molecular weight excluding hydrogens is 586 g/mol. The van der Waals surface area contributed by atoms with Crippen molar-refractivity contribution in [3.8, 4) is 5.75 Å². The van der Waals surface area contributed by atoms with Gasteiger partial charge in [0.05, 0.1) is 28.2 Å². The second kappa shape index (κ2) is 14.3. The molecule has 0 unspecified atom stereocenters. The first-order chi connectivity index (χ1) is 21.8. The fourth-order valence-electron chi connectivity index (χ4n) is 4.60. The van der Waals surface area contributed by atoms with E-state index in [1.807, 2.05) is 0 Å². The summed E-state index contributed by atoms with van der Waals surface area (Å²) in [5.74, 6) is -2.41. The molecule has 0 spiro atoms. The monoisotopic (exact) mass is 613 g/mol. The molecule has 1 saturated heterocycles. The molecule has 4 aromatic carbocycles. The van der Waals surface area contributed by atoms with Crippen molar-refractivity contribution in [1.29, 1.82) is 0 Å². The highest BCUT2D eigenvalue weighted by atomic mass is 16.7. The lowest BCUT2D eigenvalue weighted by Gasteiger charge is -2.44. The summed E-state index contributed by atoms with van der Waals surface area (Å²) in [6.45, 7) is -0.717. The topological polar surface area (TPSA) is 161 Å². The van der Waals surface area contributed by atoms with E-state index in [1.54, 1.807) is 54.6 Å². The van der Waals surface area contributed by atoms with E-state index in [2.05, 4.69) is 0 Å². The van der Waals surface area contributed by atoms with Crippen LogP contribution in [0, 0.1) is 10.1 Å². The SMILES string of the molecule is O=C(O[C@H]1[C@@H](OC(=O)c2ccccc2)[C@@H](CO)O[C@H](Oc2ccc([N+](=O)[O-])cc2)[C@@H]1OC(=O)c1ccccc1)c1ccccc1. The summed E-state index contributed by atoms with van der Waals surface area (Å²) in [5.41, 5.74) is 0.277. The standard InChI is InChI=1S/C33H27NO11/c35-20-26-27(43-30(36)21-10-4-1-5-11-21)28(44-31(37)22-12-6-2-7-13-22)29(45-32(38)23-14-8-3-9-15-23)33(42-26)41-25-18-16-24(17-19-25)34(39)40/h1-19,26-29,33,35H,20H2/t26-,27+,28+,29-,33+/m1/s1. The Bertz CT molecular complexity index is 1620. The van der Waals surface area contributed by atoms with Crippen molar-refractivity contribution >= 4 is 23.6 Å².